The second-order valence-electron chi connectivity index (χ2n) is 3.59. The average molecular weight is 232 g/mol. The fourth-order valence-corrected chi connectivity index (χ4v) is 1.47. The summed E-state index contributed by atoms with van der Waals surface area (Å²) in [6.07, 6.45) is 3.53. The maximum absolute atomic E-state index is 5.78. The van der Waals surface area contributed by atoms with Crippen molar-refractivity contribution in [3.63, 3.8) is 0 Å². The molecular weight excluding hydrogens is 212 g/mol. The molecule has 0 bridgehead atoms. The Morgan fingerprint density at radius 1 is 1.24 bits per heavy atom. The van der Waals surface area contributed by atoms with E-state index in [0.29, 0.717) is 5.82 Å². The Morgan fingerprint density at radius 3 is 2.47 bits per heavy atom. The van der Waals surface area contributed by atoms with E-state index in [1.807, 2.05) is 39.2 Å². The smallest absolute Gasteiger partial charge is 0.128 e. The molecule has 0 aliphatic carbocycles. The summed E-state index contributed by atoms with van der Waals surface area (Å²) in [6, 6.07) is 3.88. The van der Waals surface area contributed by atoms with Gasteiger partial charge in [0.25, 0.3) is 0 Å². The predicted molar refractivity (Wildman–Crippen MR) is 70.8 cm³/mol. The minimum atomic E-state index is 0.586. The zero-order valence-electron chi connectivity index (χ0n) is 10.9. The van der Waals surface area contributed by atoms with Gasteiger partial charge in [-0.05, 0) is 19.9 Å². The average Bonchev–Trinajstić information content (AvgIpc) is 2.67. The fraction of sp³-hybridized carbons (Fsp3) is 0.385. The molecular formula is C13H20N4. The Kier molecular flexibility index (Phi) is 4.69. The van der Waals surface area contributed by atoms with Crippen LogP contribution in [0, 0.1) is 13.8 Å². The SMILES string of the molecule is CC.Cc1ncn(Cc2cccnc2N)c1C. The Bertz CT molecular complexity index is 474. The van der Waals surface area contributed by atoms with Crippen LogP contribution in [0.3, 0.4) is 0 Å². The standard InChI is InChI=1S/C11H14N4.C2H6/c1-8-9(2)15(7-14-8)6-10-4-3-5-13-11(10)12;1-2/h3-5,7H,6H2,1-2H3,(H2,12,13);1-2H3. The summed E-state index contributed by atoms with van der Waals surface area (Å²) in [7, 11) is 0. The summed E-state index contributed by atoms with van der Waals surface area (Å²) < 4.78 is 2.07. The lowest BCUT2D eigenvalue weighted by molar-refractivity contribution is 0.768. The van der Waals surface area contributed by atoms with Gasteiger partial charge in [0.05, 0.1) is 18.6 Å². The van der Waals surface area contributed by atoms with E-state index in [-0.39, 0.29) is 0 Å². The molecule has 0 saturated carbocycles. The highest BCUT2D eigenvalue weighted by Crippen LogP contribution is 2.12. The van der Waals surface area contributed by atoms with E-state index in [9.17, 15) is 0 Å². The van der Waals surface area contributed by atoms with E-state index >= 15 is 0 Å². The molecule has 0 fully saturated rings. The third kappa shape index (κ3) is 3.06. The number of aromatic nitrogens is 3. The number of anilines is 1. The van der Waals surface area contributed by atoms with Crippen molar-refractivity contribution in [1.82, 2.24) is 14.5 Å². The zero-order valence-corrected chi connectivity index (χ0v) is 10.9. The molecule has 0 unspecified atom stereocenters. The molecule has 2 aromatic heterocycles. The molecule has 0 spiro atoms. The van der Waals surface area contributed by atoms with E-state index in [1.165, 1.54) is 5.69 Å². The second kappa shape index (κ2) is 6.03. The number of hydrogen-bond acceptors (Lipinski definition) is 3. The molecule has 0 aromatic carbocycles. The van der Waals surface area contributed by atoms with Crippen LogP contribution >= 0.6 is 0 Å². The number of nitrogen functional groups attached to an aromatic ring is 1. The Hall–Kier alpha value is -1.84. The largest absolute Gasteiger partial charge is 0.383 e. The van der Waals surface area contributed by atoms with Crippen LogP contribution in [-0.2, 0) is 6.54 Å². The monoisotopic (exact) mass is 232 g/mol. The quantitative estimate of drug-likeness (QED) is 0.865. The second-order valence-corrected chi connectivity index (χ2v) is 3.59. The Balaban J connectivity index is 0.000000686. The normalized spacial score (nSPS) is 9.65. The van der Waals surface area contributed by atoms with Gasteiger partial charge in [-0.3, -0.25) is 0 Å². The highest BCUT2D eigenvalue weighted by atomic mass is 15.1. The summed E-state index contributed by atoms with van der Waals surface area (Å²) in [5.41, 5.74) is 9.02. The lowest BCUT2D eigenvalue weighted by atomic mass is 10.2. The molecule has 0 atom stereocenters. The van der Waals surface area contributed by atoms with Crippen LogP contribution in [0.1, 0.15) is 30.8 Å². The molecule has 4 nitrogen and oxygen atoms in total. The van der Waals surface area contributed by atoms with E-state index in [4.69, 9.17) is 5.73 Å². The maximum Gasteiger partial charge on any atom is 0.128 e. The van der Waals surface area contributed by atoms with Crippen LogP contribution in [0.5, 0.6) is 0 Å². The molecule has 0 radical (unpaired) electrons. The summed E-state index contributed by atoms with van der Waals surface area (Å²) >= 11 is 0. The molecule has 2 aromatic rings. The number of nitrogens with zero attached hydrogens (tertiary/aromatic N) is 3. The molecule has 0 aliphatic heterocycles. The van der Waals surface area contributed by atoms with Crippen LogP contribution < -0.4 is 5.73 Å². The van der Waals surface area contributed by atoms with E-state index < -0.39 is 0 Å². The van der Waals surface area contributed by atoms with Crippen LogP contribution in [-0.4, -0.2) is 14.5 Å². The van der Waals surface area contributed by atoms with Gasteiger partial charge in [-0.25, -0.2) is 9.97 Å². The van der Waals surface area contributed by atoms with Crippen molar-refractivity contribution in [2.24, 2.45) is 0 Å². The van der Waals surface area contributed by atoms with Crippen molar-refractivity contribution >= 4 is 5.82 Å². The number of hydrogen-bond donors (Lipinski definition) is 1. The topological polar surface area (TPSA) is 56.7 Å². The van der Waals surface area contributed by atoms with Gasteiger partial charge in [0.2, 0.25) is 0 Å². The van der Waals surface area contributed by atoms with Crippen LogP contribution in [0.25, 0.3) is 0 Å². The summed E-state index contributed by atoms with van der Waals surface area (Å²) in [6.45, 7) is 8.78. The number of imidazole rings is 1. The molecule has 2 heterocycles. The van der Waals surface area contributed by atoms with Crippen molar-refractivity contribution < 1.29 is 0 Å². The molecule has 0 aliphatic rings. The third-order valence-electron chi connectivity index (χ3n) is 2.61. The maximum atomic E-state index is 5.78. The van der Waals surface area contributed by atoms with Crippen LogP contribution in [0.4, 0.5) is 5.82 Å². The first-order valence-electron chi connectivity index (χ1n) is 5.86. The van der Waals surface area contributed by atoms with Gasteiger partial charge < -0.3 is 10.3 Å². The van der Waals surface area contributed by atoms with Crippen LogP contribution in [0.15, 0.2) is 24.7 Å². The van der Waals surface area contributed by atoms with Gasteiger partial charge >= 0.3 is 0 Å². The van der Waals surface area contributed by atoms with Gasteiger partial charge in [-0.1, -0.05) is 19.9 Å². The van der Waals surface area contributed by atoms with Gasteiger partial charge in [0, 0.05) is 17.5 Å². The molecule has 17 heavy (non-hydrogen) atoms. The summed E-state index contributed by atoms with van der Waals surface area (Å²) in [5.74, 6) is 0.586. The van der Waals surface area contributed by atoms with Crippen molar-refractivity contribution in [3.05, 3.63) is 41.6 Å². The van der Waals surface area contributed by atoms with Crippen molar-refractivity contribution in [2.75, 3.05) is 5.73 Å². The molecule has 2 N–H and O–H groups in total. The van der Waals surface area contributed by atoms with E-state index in [0.717, 1.165) is 17.8 Å². The fourth-order valence-electron chi connectivity index (χ4n) is 1.47. The lowest BCUT2D eigenvalue weighted by Crippen LogP contribution is -2.04. The van der Waals surface area contributed by atoms with Gasteiger partial charge in [0.1, 0.15) is 5.82 Å². The summed E-state index contributed by atoms with van der Waals surface area (Å²) in [4.78, 5) is 8.30. The Labute approximate surface area is 103 Å². The predicted octanol–water partition coefficient (Wildman–Crippen LogP) is 2.55. The summed E-state index contributed by atoms with van der Waals surface area (Å²) in [5, 5.41) is 0. The van der Waals surface area contributed by atoms with Crippen molar-refractivity contribution in [3.8, 4) is 0 Å². The highest BCUT2D eigenvalue weighted by Gasteiger charge is 2.04. The van der Waals surface area contributed by atoms with Crippen molar-refractivity contribution in [1.29, 1.82) is 0 Å². The minimum absolute atomic E-state index is 0.586. The molecule has 92 valence electrons. The number of aryl methyl sites for hydroxylation is 1. The van der Waals surface area contributed by atoms with Crippen LogP contribution in [0.2, 0.25) is 0 Å². The first kappa shape index (κ1) is 13.2. The molecule has 0 amide bonds. The first-order valence-corrected chi connectivity index (χ1v) is 5.86. The van der Waals surface area contributed by atoms with Gasteiger partial charge in [0.15, 0.2) is 0 Å². The van der Waals surface area contributed by atoms with E-state index in [2.05, 4.69) is 21.5 Å². The third-order valence-corrected chi connectivity index (χ3v) is 2.61. The van der Waals surface area contributed by atoms with Crippen molar-refractivity contribution in [2.45, 2.75) is 34.2 Å². The first-order chi connectivity index (χ1) is 8.18. The molecule has 2 rings (SSSR count). The lowest BCUT2D eigenvalue weighted by Gasteiger charge is -2.07. The minimum Gasteiger partial charge on any atom is -0.383 e. The number of pyridine rings is 1. The molecule has 0 saturated heterocycles. The number of nitrogens with two attached hydrogens (primary N) is 1. The zero-order chi connectivity index (χ0) is 12.8. The number of rotatable bonds is 2. The van der Waals surface area contributed by atoms with Gasteiger partial charge in [-0.15, -0.1) is 0 Å². The van der Waals surface area contributed by atoms with E-state index in [1.54, 1.807) is 6.20 Å². The Morgan fingerprint density at radius 2 is 1.94 bits per heavy atom. The highest BCUT2D eigenvalue weighted by molar-refractivity contribution is 5.38. The van der Waals surface area contributed by atoms with Gasteiger partial charge in [-0.2, -0.15) is 0 Å². The molecule has 4 heteroatoms.